The fourth-order valence-electron chi connectivity index (χ4n) is 4.34. The zero-order chi connectivity index (χ0) is 18.8. The highest BCUT2D eigenvalue weighted by atomic mass is 35.5. The highest BCUT2D eigenvalue weighted by molar-refractivity contribution is 5.88. The van der Waals surface area contributed by atoms with Crippen molar-refractivity contribution in [2.75, 3.05) is 19.7 Å². The zero-order valence-electron chi connectivity index (χ0n) is 17.1. The molecule has 0 bridgehead atoms. The van der Waals surface area contributed by atoms with E-state index in [2.05, 4.69) is 34.5 Å². The summed E-state index contributed by atoms with van der Waals surface area (Å²) in [6.45, 7) is 9.39. The second-order valence-corrected chi connectivity index (χ2v) is 8.30. The molecule has 2 aliphatic rings. The number of nitrogens with two attached hydrogens (primary N) is 1. The molecule has 3 atom stereocenters. The van der Waals surface area contributed by atoms with Gasteiger partial charge in [-0.3, -0.25) is 9.69 Å². The van der Waals surface area contributed by atoms with Crippen LogP contribution in [0.4, 0.5) is 0 Å². The van der Waals surface area contributed by atoms with Gasteiger partial charge in [-0.1, -0.05) is 44.2 Å². The number of hydrogen-bond acceptors (Lipinski definition) is 4. The number of nitrogens with zero attached hydrogens (tertiary/aromatic N) is 1. The summed E-state index contributed by atoms with van der Waals surface area (Å²) in [6.07, 6.45) is 2.96. The van der Waals surface area contributed by atoms with Crippen molar-refractivity contribution in [2.45, 2.75) is 64.3 Å². The van der Waals surface area contributed by atoms with Crippen molar-refractivity contribution >= 4 is 30.7 Å². The minimum Gasteiger partial charge on any atom is -0.378 e. The summed E-state index contributed by atoms with van der Waals surface area (Å²) in [5.74, 6) is -0.0370. The molecule has 7 heteroatoms. The second kappa shape index (κ2) is 10.3. The molecule has 1 saturated carbocycles. The van der Waals surface area contributed by atoms with E-state index in [1.54, 1.807) is 0 Å². The van der Waals surface area contributed by atoms with Crippen LogP contribution in [-0.2, 0) is 16.1 Å². The van der Waals surface area contributed by atoms with Crippen LogP contribution in [0.15, 0.2) is 30.3 Å². The van der Waals surface area contributed by atoms with Gasteiger partial charge in [-0.15, -0.1) is 24.8 Å². The third-order valence-corrected chi connectivity index (χ3v) is 6.46. The van der Waals surface area contributed by atoms with Crippen LogP contribution in [0.2, 0.25) is 0 Å². The van der Waals surface area contributed by atoms with Gasteiger partial charge in [0.1, 0.15) is 5.54 Å². The lowest BCUT2D eigenvalue weighted by atomic mass is 9.54. The lowest BCUT2D eigenvalue weighted by molar-refractivity contribution is -0.170. The summed E-state index contributed by atoms with van der Waals surface area (Å²) in [6, 6.07) is 10.9. The number of carbonyl (C=O) groups excluding carboxylic acids is 1. The summed E-state index contributed by atoms with van der Waals surface area (Å²) in [5, 5.41) is 3.14. The van der Waals surface area contributed by atoms with Crippen LogP contribution in [0.1, 0.15) is 45.6 Å². The Morgan fingerprint density at radius 3 is 2.57 bits per heavy atom. The highest BCUT2D eigenvalue weighted by Crippen LogP contribution is 2.49. The van der Waals surface area contributed by atoms with Crippen LogP contribution < -0.4 is 11.1 Å². The number of halogens is 2. The van der Waals surface area contributed by atoms with Crippen molar-refractivity contribution in [1.29, 1.82) is 0 Å². The Morgan fingerprint density at radius 2 is 1.96 bits per heavy atom. The van der Waals surface area contributed by atoms with Crippen molar-refractivity contribution in [1.82, 2.24) is 10.2 Å². The van der Waals surface area contributed by atoms with E-state index < -0.39 is 5.54 Å². The van der Waals surface area contributed by atoms with E-state index in [0.717, 1.165) is 19.5 Å². The summed E-state index contributed by atoms with van der Waals surface area (Å²) in [5.41, 5.74) is 6.62. The van der Waals surface area contributed by atoms with Crippen molar-refractivity contribution in [3.63, 3.8) is 0 Å². The first-order valence-corrected chi connectivity index (χ1v) is 9.85. The van der Waals surface area contributed by atoms with Crippen LogP contribution in [0.5, 0.6) is 0 Å². The van der Waals surface area contributed by atoms with Crippen LogP contribution >= 0.6 is 24.8 Å². The van der Waals surface area contributed by atoms with Gasteiger partial charge in [-0.2, -0.15) is 0 Å². The van der Waals surface area contributed by atoms with Crippen LogP contribution in [0, 0.1) is 5.41 Å². The molecule has 3 rings (SSSR count). The molecule has 28 heavy (non-hydrogen) atoms. The van der Waals surface area contributed by atoms with E-state index in [1.165, 1.54) is 12.0 Å². The Hall–Kier alpha value is -0.850. The van der Waals surface area contributed by atoms with E-state index in [0.29, 0.717) is 25.6 Å². The summed E-state index contributed by atoms with van der Waals surface area (Å²) in [4.78, 5) is 15.3. The van der Waals surface area contributed by atoms with Crippen molar-refractivity contribution < 1.29 is 9.53 Å². The monoisotopic (exact) mass is 431 g/mol. The molecule has 160 valence electrons. The molecule has 1 aromatic carbocycles. The molecule has 0 aromatic heterocycles. The minimum atomic E-state index is -0.838. The van der Waals surface area contributed by atoms with Crippen molar-refractivity contribution in [3.8, 4) is 0 Å². The molecule has 1 aliphatic carbocycles. The third-order valence-electron chi connectivity index (χ3n) is 6.46. The van der Waals surface area contributed by atoms with Gasteiger partial charge < -0.3 is 15.8 Å². The number of ether oxygens (including phenoxy) is 1. The molecule has 3 N–H and O–H groups in total. The molecular weight excluding hydrogens is 397 g/mol. The molecule has 5 nitrogen and oxygen atoms in total. The number of rotatable bonds is 7. The molecule has 0 radical (unpaired) electrons. The van der Waals surface area contributed by atoms with E-state index in [1.807, 2.05) is 26.8 Å². The van der Waals surface area contributed by atoms with Gasteiger partial charge in [-0.05, 0) is 31.9 Å². The van der Waals surface area contributed by atoms with Crippen LogP contribution in [0.3, 0.4) is 0 Å². The summed E-state index contributed by atoms with van der Waals surface area (Å²) < 4.78 is 5.73. The smallest absolute Gasteiger partial charge is 0.240 e. The first kappa shape index (κ1) is 25.2. The van der Waals surface area contributed by atoms with Gasteiger partial charge in [-0.25, -0.2) is 0 Å². The Morgan fingerprint density at radius 1 is 1.29 bits per heavy atom. The maximum Gasteiger partial charge on any atom is 0.240 e. The average Bonchev–Trinajstić information content (AvgIpc) is 3.07. The lowest BCUT2D eigenvalue weighted by Crippen LogP contribution is -2.76. The average molecular weight is 432 g/mol. The fraction of sp³-hybridized carbons (Fsp3) is 0.667. The largest absolute Gasteiger partial charge is 0.378 e. The summed E-state index contributed by atoms with van der Waals surface area (Å²) in [7, 11) is 0. The predicted octanol–water partition coefficient (Wildman–Crippen LogP) is 3.14. The number of likely N-dealkylation sites (tertiary alicyclic amines) is 1. The number of carbonyl (C=O) groups is 1. The van der Waals surface area contributed by atoms with E-state index in [9.17, 15) is 4.79 Å². The molecular formula is C21H35Cl2N3O2. The van der Waals surface area contributed by atoms with Gasteiger partial charge in [0.15, 0.2) is 0 Å². The van der Waals surface area contributed by atoms with Gasteiger partial charge >= 0.3 is 0 Å². The number of hydrogen-bond donors (Lipinski definition) is 2. The quantitative estimate of drug-likeness (QED) is 0.695. The van der Waals surface area contributed by atoms with E-state index in [-0.39, 0.29) is 42.2 Å². The molecule has 1 saturated heterocycles. The molecule has 1 aliphatic heterocycles. The molecule has 1 aromatic rings. The van der Waals surface area contributed by atoms with Crippen LogP contribution in [0.25, 0.3) is 0 Å². The topological polar surface area (TPSA) is 67.6 Å². The second-order valence-electron chi connectivity index (χ2n) is 8.30. The predicted molar refractivity (Wildman–Crippen MR) is 118 cm³/mol. The third kappa shape index (κ3) is 4.82. The first-order valence-electron chi connectivity index (χ1n) is 9.85. The first-order chi connectivity index (χ1) is 12.4. The zero-order valence-corrected chi connectivity index (χ0v) is 18.8. The number of amides is 1. The van der Waals surface area contributed by atoms with Crippen molar-refractivity contribution in [2.24, 2.45) is 11.1 Å². The summed E-state index contributed by atoms with van der Waals surface area (Å²) >= 11 is 0. The maximum atomic E-state index is 12.8. The Labute approximate surface area is 181 Å². The Kier molecular flexibility index (Phi) is 9.23. The van der Waals surface area contributed by atoms with Gasteiger partial charge in [0.05, 0.1) is 6.10 Å². The fourth-order valence-corrected chi connectivity index (χ4v) is 4.34. The molecule has 0 spiro atoms. The highest BCUT2D eigenvalue weighted by Gasteiger charge is 2.62. The van der Waals surface area contributed by atoms with Crippen LogP contribution in [-0.4, -0.2) is 48.2 Å². The molecule has 3 unspecified atom stereocenters. The SMILES string of the molecule is CCOC1CC(N)(C(=O)NCC2CCCN2Cc2ccccc2)C1(C)C.Cl.Cl. The Bertz CT molecular complexity index is 629. The van der Waals surface area contributed by atoms with E-state index >= 15 is 0 Å². The lowest BCUT2D eigenvalue weighted by Gasteiger charge is -2.57. The minimum absolute atomic E-state index is 0. The van der Waals surface area contributed by atoms with E-state index in [4.69, 9.17) is 10.5 Å². The van der Waals surface area contributed by atoms with Gasteiger partial charge in [0.2, 0.25) is 5.91 Å². The maximum absolute atomic E-state index is 12.8. The Balaban J connectivity index is 0.00000196. The number of benzene rings is 1. The molecule has 1 heterocycles. The van der Waals surface area contributed by atoms with Crippen molar-refractivity contribution in [3.05, 3.63) is 35.9 Å². The number of nitrogens with one attached hydrogen (secondary N) is 1. The molecule has 2 fully saturated rings. The normalized spacial score (nSPS) is 28.6. The van der Waals surface area contributed by atoms with Gasteiger partial charge in [0.25, 0.3) is 0 Å². The standard InChI is InChI=1S/C21H33N3O2.2ClH/c1-4-26-18-13-21(22,20(18,2)3)19(25)23-14-17-11-8-12-24(17)15-16-9-6-5-7-10-16;;/h5-7,9-10,17-18H,4,8,11-15,22H2,1-3H3,(H,23,25);2*1H. The van der Waals surface area contributed by atoms with Gasteiger partial charge in [0, 0.05) is 37.6 Å². The molecule has 1 amide bonds.